The molecule has 0 aliphatic carbocycles. The normalized spacial score (nSPS) is 14.0. The minimum atomic E-state index is -1.19. The average Bonchev–Trinajstić information content (AvgIpc) is 3.31. The zero-order valence-electron chi connectivity index (χ0n) is 25.8. The van der Waals surface area contributed by atoms with Gasteiger partial charge in [-0.05, 0) is 59.2 Å². The Labute approximate surface area is 271 Å². The lowest BCUT2D eigenvalue weighted by molar-refractivity contribution is 0.0240. The van der Waals surface area contributed by atoms with E-state index in [1.165, 1.54) is 17.0 Å². The van der Waals surface area contributed by atoms with E-state index in [0.717, 1.165) is 17.4 Å². The molecular formula is C31H30ClF3N6O4S. The molecule has 15 heteroatoms. The number of aromatic nitrogens is 2. The van der Waals surface area contributed by atoms with Crippen LogP contribution in [0.1, 0.15) is 47.1 Å². The summed E-state index contributed by atoms with van der Waals surface area (Å²) in [5.41, 5.74) is -2.22. The van der Waals surface area contributed by atoms with Crippen molar-refractivity contribution in [2.75, 3.05) is 36.4 Å². The van der Waals surface area contributed by atoms with Crippen molar-refractivity contribution < 1.29 is 32.2 Å². The van der Waals surface area contributed by atoms with Gasteiger partial charge in [-0.3, -0.25) is 5.32 Å². The van der Waals surface area contributed by atoms with E-state index in [1.807, 2.05) is 6.07 Å². The monoisotopic (exact) mass is 674 g/mol. The number of hydrogen-bond donors (Lipinski definition) is 1. The van der Waals surface area contributed by atoms with E-state index in [1.54, 1.807) is 46.4 Å². The first kappa shape index (κ1) is 33.0. The van der Waals surface area contributed by atoms with Crippen LogP contribution in [0.5, 0.6) is 0 Å². The average molecular weight is 675 g/mol. The lowest BCUT2D eigenvalue weighted by atomic mass is 9.97. The highest BCUT2D eigenvalue weighted by Gasteiger charge is 2.30. The number of carbonyl (C=O) groups excluding carboxylic acids is 2. The van der Waals surface area contributed by atoms with Crippen molar-refractivity contribution in [1.29, 1.82) is 5.26 Å². The van der Waals surface area contributed by atoms with Crippen LogP contribution in [-0.2, 0) is 9.47 Å². The lowest BCUT2D eigenvalue weighted by Crippen LogP contribution is -2.50. The van der Waals surface area contributed by atoms with Crippen LogP contribution in [0.3, 0.4) is 0 Å². The first-order chi connectivity index (χ1) is 21.5. The zero-order chi connectivity index (χ0) is 33.7. The molecule has 0 bridgehead atoms. The molecular weight excluding hydrogens is 645 g/mol. The van der Waals surface area contributed by atoms with Crippen molar-refractivity contribution in [3.05, 3.63) is 46.5 Å². The third-order valence-electron chi connectivity index (χ3n) is 6.85. The molecule has 46 heavy (non-hydrogen) atoms. The number of anilines is 2. The number of fused-ring (bicyclic) bond motifs is 2. The van der Waals surface area contributed by atoms with E-state index < -0.39 is 41.1 Å². The maximum Gasteiger partial charge on any atom is 0.412 e. The molecule has 4 aromatic rings. The SMILES string of the molecule is CC(C)(C)OC(=O)Nc1sc2c(F)ccc(-c3c(Cl)cc4c(N5CCN(C(=O)OC(C)(C)C)CC5)nc(F)nc4c3F)c2c1C#N. The number of hydrogen-bond acceptors (Lipinski definition) is 9. The second-order valence-corrected chi connectivity index (χ2v) is 14.0. The summed E-state index contributed by atoms with van der Waals surface area (Å²) in [6.07, 6.45) is -2.53. The van der Waals surface area contributed by atoms with Gasteiger partial charge in [-0.15, -0.1) is 11.3 Å². The molecule has 3 heterocycles. The number of nitriles is 1. The van der Waals surface area contributed by atoms with Gasteiger partial charge < -0.3 is 19.3 Å². The van der Waals surface area contributed by atoms with Gasteiger partial charge in [-0.1, -0.05) is 17.7 Å². The molecule has 1 saturated heterocycles. The van der Waals surface area contributed by atoms with Crippen LogP contribution < -0.4 is 10.2 Å². The summed E-state index contributed by atoms with van der Waals surface area (Å²) in [6.45, 7) is 11.3. The molecule has 0 spiro atoms. The van der Waals surface area contributed by atoms with Gasteiger partial charge in [0.2, 0.25) is 0 Å². The first-order valence-electron chi connectivity index (χ1n) is 14.2. The molecule has 10 nitrogen and oxygen atoms in total. The van der Waals surface area contributed by atoms with Gasteiger partial charge in [0.15, 0.2) is 5.82 Å². The molecule has 0 saturated carbocycles. The highest BCUT2D eigenvalue weighted by Crippen LogP contribution is 2.46. The second-order valence-electron chi connectivity index (χ2n) is 12.6. The number of thiophene rings is 1. The molecule has 0 atom stereocenters. The van der Waals surface area contributed by atoms with Crippen LogP contribution in [0.4, 0.5) is 33.6 Å². The van der Waals surface area contributed by atoms with Crippen molar-refractivity contribution in [1.82, 2.24) is 14.9 Å². The largest absolute Gasteiger partial charge is 0.444 e. The number of benzene rings is 2. The molecule has 242 valence electrons. The van der Waals surface area contributed by atoms with Crippen LogP contribution in [0.15, 0.2) is 18.2 Å². The Morgan fingerprint density at radius 3 is 2.28 bits per heavy atom. The van der Waals surface area contributed by atoms with Gasteiger partial charge >= 0.3 is 18.3 Å². The predicted molar refractivity (Wildman–Crippen MR) is 170 cm³/mol. The number of piperazine rings is 1. The quantitative estimate of drug-likeness (QED) is 0.218. The van der Waals surface area contributed by atoms with Crippen molar-refractivity contribution >= 4 is 66.9 Å². The van der Waals surface area contributed by atoms with Gasteiger partial charge in [0.25, 0.3) is 0 Å². The summed E-state index contributed by atoms with van der Waals surface area (Å²) < 4.78 is 57.0. The Morgan fingerprint density at radius 1 is 1.02 bits per heavy atom. The molecule has 1 fully saturated rings. The molecule has 2 amide bonds. The smallest absolute Gasteiger partial charge is 0.412 e. The maximum absolute atomic E-state index is 16.4. The van der Waals surface area contributed by atoms with Gasteiger partial charge in [0.05, 0.1) is 15.3 Å². The molecule has 1 N–H and O–H groups in total. The van der Waals surface area contributed by atoms with E-state index in [2.05, 4.69) is 15.3 Å². The standard InChI is InChI=1S/C31H30ClF3N6O4S/c1-30(2,3)44-28(42)39-26-17(14-36)20-15(7-8-19(33)24(20)46-26)21-18(32)13-16-23(22(21)34)37-27(35)38-25(16)40-9-11-41(12-10-40)29(43)45-31(4,5)6/h7-8,13H,9-12H2,1-6H3,(H,39,42). The Balaban J connectivity index is 1.57. The summed E-state index contributed by atoms with van der Waals surface area (Å²) in [5.74, 6) is -1.64. The number of rotatable bonds is 3. The van der Waals surface area contributed by atoms with Crippen molar-refractivity contribution in [3.63, 3.8) is 0 Å². The van der Waals surface area contributed by atoms with Crippen LogP contribution >= 0.6 is 22.9 Å². The molecule has 2 aromatic heterocycles. The minimum Gasteiger partial charge on any atom is -0.444 e. The van der Waals surface area contributed by atoms with Gasteiger partial charge in [-0.2, -0.15) is 19.6 Å². The van der Waals surface area contributed by atoms with Crippen LogP contribution in [0, 0.1) is 29.0 Å². The highest BCUT2D eigenvalue weighted by molar-refractivity contribution is 7.23. The zero-order valence-corrected chi connectivity index (χ0v) is 27.4. The molecule has 5 rings (SSSR count). The van der Waals surface area contributed by atoms with Crippen molar-refractivity contribution in [2.45, 2.75) is 52.7 Å². The number of nitrogens with one attached hydrogen (secondary N) is 1. The Morgan fingerprint density at radius 2 is 1.67 bits per heavy atom. The Hall–Kier alpha value is -4.35. The molecule has 0 unspecified atom stereocenters. The van der Waals surface area contributed by atoms with Gasteiger partial charge in [0.1, 0.15) is 39.4 Å². The molecule has 2 aromatic carbocycles. The molecule has 1 aliphatic heterocycles. The Bertz CT molecular complexity index is 1920. The van der Waals surface area contributed by atoms with E-state index >= 15 is 8.78 Å². The highest BCUT2D eigenvalue weighted by atomic mass is 35.5. The number of ether oxygens (including phenoxy) is 2. The van der Waals surface area contributed by atoms with E-state index in [9.17, 15) is 19.2 Å². The summed E-state index contributed by atoms with van der Waals surface area (Å²) in [4.78, 5) is 35.9. The number of carbonyl (C=O) groups is 2. The lowest BCUT2D eigenvalue weighted by Gasteiger charge is -2.36. The van der Waals surface area contributed by atoms with E-state index in [-0.39, 0.29) is 79.7 Å². The number of amides is 2. The van der Waals surface area contributed by atoms with Crippen LogP contribution in [-0.4, -0.2) is 64.4 Å². The second kappa shape index (κ2) is 12.1. The Kier molecular flexibility index (Phi) is 8.69. The van der Waals surface area contributed by atoms with E-state index in [4.69, 9.17) is 21.1 Å². The third kappa shape index (κ3) is 6.61. The summed E-state index contributed by atoms with van der Waals surface area (Å²) in [5, 5.41) is 12.5. The summed E-state index contributed by atoms with van der Waals surface area (Å²) in [6, 6.07) is 5.69. The fourth-order valence-electron chi connectivity index (χ4n) is 5.04. The predicted octanol–water partition coefficient (Wildman–Crippen LogP) is 7.86. The van der Waals surface area contributed by atoms with Crippen molar-refractivity contribution in [3.8, 4) is 17.2 Å². The molecule has 0 radical (unpaired) electrons. The summed E-state index contributed by atoms with van der Waals surface area (Å²) >= 11 is 7.46. The molecule has 1 aliphatic rings. The third-order valence-corrected chi connectivity index (χ3v) is 8.26. The fraction of sp³-hybridized carbons (Fsp3) is 0.387. The fourth-order valence-corrected chi connectivity index (χ4v) is 6.40. The number of nitrogens with zero attached hydrogens (tertiary/aromatic N) is 5. The minimum absolute atomic E-state index is 0.00315. The van der Waals surface area contributed by atoms with Crippen LogP contribution in [0.2, 0.25) is 5.02 Å². The topological polar surface area (TPSA) is 121 Å². The maximum atomic E-state index is 16.4. The van der Waals surface area contributed by atoms with Gasteiger partial charge in [-0.25, -0.2) is 18.4 Å². The van der Waals surface area contributed by atoms with Crippen LogP contribution in [0.25, 0.3) is 32.1 Å². The van der Waals surface area contributed by atoms with Crippen molar-refractivity contribution in [2.24, 2.45) is 0 Å². The van der Waals surface area contributed by atoms with E-state index in [0.29, 0.717) is 0 Å². The first-order valence-corrected chi connectivity index (χ1v) is 15.4. The number of halogens is 4. The summed E-state index contributed by atoms with van der Waals surface area (Å²) in [7, 11) is 0. The van der Waals surface area contributed by atoms with Gasteiger partial charge in [0, 0.05) is 42.5 Å².